The van der Waals surface area contributed by atoms with Gasteiger partial charge in [0, 0.05) is 25.6 Å². The van der Waals surface area contributed by atoms with Gasteiger partial charge in [-0.15, -0.1) is 0 Å². The zero-order valence-corrected chi connectivity index (χ0v) is 15.1. The Kier molecular flexibility index (Phi) is 6.06. The van der Waals surface area contributed by atoms with Crippen LogP contribution in [-0.2, 0) is 21.4 Å². The lowest BCUT2D eigenvalue weighted by Crippen LogP contribution is -2.42. The van der Waals surface area contributed by atoms with Crippen LogP contribution in [-0.4, -0.2) is 52.2 Å². The molecule has 0 aliphatic carbocycles. The van der Waals surface area contributed by atoms with E-state index in [0.29, 0.717) is 44.0 Å². The molecule has 0 unspecified atom stereocenters. The summed E-state index contributed by atoms with van der Waals surface area (Å²) in [5.41, 5.74) is 0.912. The van der Waals surface area contributed by atoms with Crippen molar-refractivity contribution in [3.63, 3.8) is 0 Å². The zero-order valence-electron chi connectivity index (χ0n) is 14.2. The monoisotopic (exact) mass is 356 g/mol. The number of carbonyl (C=O) groups is 1. The van der Waals surface area contributed by atoms with Crippen LogP contribution in [0, 0.1) is 5.92 Å². The van der Waals surface area contributed by atoms with Crippen LogP contribution in [0.2, 0.25) is 0 Å². The number of benzene rings is 1. The van der Waals surface area contributed by atoms with E-state index in [1.54, 1.807) is 20.3 Å². The van der Waals surface area contributed by atoms with Gasteiger partial charge in [0.1, 0.15) is 0 Å². The van der Waals surface area contributed by atoms with Gasteiger partial charge < -0.3 is 14.8 Å². The summed E-state index contributed by atoms with van der Waals surface area (Å²) in [6.45, 7) is 1.19. The summed E-state index contributed by atoms with van der Waals surface area (Å²) in [6, 6.07) is 5.49. The number of nitrogens with zero attached hydrogens (tertiary/aromatic N) is 1. The highest BCUT2D eigenvalue weighted by Gasteiger charge is 2.28. The van der Waals surface area contributed by atoms with Crippen molar-refractivity contribution in [3.05, 3.63) is 23.8 Å². The molecule has 1 fully saturated rings. The first-order valence-corrected chi connectivity index (χ1v) is 9.63. The molecule has 24 heavy (non-hydrogen) atoms. The molecule has 1 aliphatic rings. The Bertz CT molecular complexity index is 682. The van der Waals surface area contributed by atoms with Gasteiger partial charge in [-0.05, 0) is 30.5 Å². The molecule has 2 rings (SSSR count). The van der Waals surface area contributed by atoms with Crippen LogP contribution >= 0.6 is 0 Å². The Balaban J connectivity index is 1.88. The molecule has 1 saturated heterocycles. The number of ether oxygens (including phenoxy) is 2. The number of nitrogens with one attached hydrogen (secondary N) is 1. The van der Waals surface area contributed by atoms with Crippen LogP contribution in [0.1, 0.15) is 18.4 Å². The molecule has 1 amide bonds. The van der Waals surface area contributed by atoms with Crippen molar-refractivity contribution >= 4 is 15.9 Å². The number of hydrogen-bond acceptors (Lipinski definition) is 5. The second-order valence-corrected chi connectivity index (χ2v) is 7.83. The van der Waals surface area contributed by atoms with Gasteiger partial charge in [0.15, 0.2) is 11.5 Å². The van der Waals surface area contributed by atoms with Crippen LogP contribution in [0.4, 0.5) is 0 Å². The van der Waals surface area contributed by atoms with E-state index in [4.69, 9.17) is 9.47 Å². The molecule has 0 bridgehead atoms. The normalized spacial score (nSPS) is 16.6. The maximum Gasteiger partial charge on any atom is 0.223 e. The summed E-state index contributed by atoms with van der Waals surface area (Å²) in [5, 5.41) is 2.91. The van der Waals surface area contributed by atoms with E-state index in [9.17, 15) is 13.2 Å². The standard InChI is InChI=1S/C16H24N2O5S/c1-22-14-5-4-12(10-15(14)23-2)11-17-16(19)13-6-8-18(9-7-13)24(3,20)21/h4-5,10,13H,6-9,11H2,1-3H3,(H,17,19). The largest absolute Gasteiger partial charge is 0.493 e. The van der Waals surface area contributed by atoms with Gasteiger partial charge in [-0.3, -0.25) is 4.79 Å². The smallest absolute Gasteiger partial charge is 0.223 e. The molecular formula is C16H24N2O5S. The molecule has 0 atom stereocenters. The van der Waals surface area contributed by atoms with E-state index in [2.05, 4.69) is 5.32 Å². The molecule has 7 nitrogen and oxygen atoms in total. The van der Waals surface area contributed by atoms with Gasteiger partial charge in [-0.2, -0.15) is 0 Å². The molecule has 8 heteroatoms. The first-order valence-electron chi connectivity index (χ1n) is 7.79. The van der Waals surface area contributed by atoms with Gasteiger partial charge >= 0.3 is 0 Å². The average molecular weight is 356 g/mol. The molecule has 1 aromatic rings. The van der Waals surface area contributed by atoms with Crippen molar-refractivity contribution in [2.45, 2.75) is 19.4 Å². The number of methoxy groups -OCH3 is 2. The molecule has 0 radical (unpaired) electrons. The molecular weight excluding hydrogens is 332 g/mol. The molecule has 0 saturated carbocycles. The van der Waals surface area contributed by atoms with Gasteiger partial charge in [-0.25, -0.2) is 12.7 Å². The third-order valence-corrected chi connectivity index (χ3v) is 5.51. The minimum atomic E-state index is -3.17. The maximum atomic E-state index is 12.3. The number of sulfonamides is 1. The summed E-state index contributed by atoms with van der Waals surface area (Å²) >= 11 is 0. The predicted octanol–water partition coefficient (Wildman–Crippen LogP) is 0.992. The molecule has 1 aromatic carbocycles. The van der Waals surface area contributed by atoms with E-state index in [1.165, 1.54) is 10.6 Å². The Morgan fingerprint density at radius 1 is 1.21 bits per heavy atom. The summed E-state index contributed by atoms with van der Waals surface area (Å²) in [5.74, 6) is 1.06. The third kappa shape index (κ3) is 4.61. The minimum Gasteiger partial charge on any atom is -0.493 e. The fourth-order valence-electron chi connectivity index (χ4n) is 2.77. The van der Waals surface area contributed by atoms with E-state index >= 15 is 0 Å². The highest BCUT2D eigenvalue weighted by atomic mass is 32.2. The number of piperidine rings is 1. The summed E-state index contributed by atoms with van der Waals surface area (Å²) in [7, 11) is -0.0319. The van der Waals surface area contributed by atoms with E-state index in [1.807, 2.05) is 12.1 Å². The maximum absolute atomic E-state index is 12.3. The van der Waals surface area contributed by atoms with Crippen molar-refractivity contribution in [1.82, 2.24) is 9.62 Å². The number of hydrogen-bond donors (Lipinski definition) is 1. The molecule has 0 spiro atoms. The molecule has 1 aliphatic heterocycles. The summed E-state index contributed by atoms with van der Waals surface area (Å²) in [4.78, 5) is 12.3. The van der Waals surface area contributed by atoms with Crippen LogP contribution in [0.25, 0.3) is 0 Å². The fourth-order valence-corrected chi connectivity index (χ4v) is 3.65. The minimum absolute atomic E-state index is 0.0436. The van der Waals surface area contributed by atoms with Crippen LogP contribution in [0.15, 0.2) is 18.2 Å². The Morgan fingerprint density at radius 2 is 1.83 bits per heavy atom. The lowest BCUT2D eigenvalue weighted by atomic mass is 9.97. The van der Waals surface area contributed by atoms with Gasteiger partial charge in [0.25, 0.3) is 0 Å². The lowest BCUT2D eigenvalue weighted by molar-refractivity contribution is -0.126. The molecule has 0 aromatic heterocycles. The fraction of sp³-hybridized carbons (Fsp3) is 0.562. The second kappa shape index (κ2) is 7.85. The second-order valence-electron chi connectivity index (χ2n) is 5.84. The van der Waals surface area contributed by atoms with Crippen molar-refractivity contribution in [2.75, 3.05) is 33.6 Å². The highest BCUT2D eigenvalue weighted by molar-refractivity contribution is 7.88. The van der Waals surface area contributed by atoms with Crippen molar-refractivity contribution in [2.24, 2.45) is 5.92 Å². The third-order valence-electron chi connectivity index (χ3n) is 4.21. The number of carbonyl (C=O) groups excluding carboxylic acids is 1. The Morgan fingerprint density at radius 3 is 2.38 bits per heavy atom. The van der Waals surface area contributed by atoms with Crippen molar-refractivity contribution in [3.8, 4) is 11.5 Å². The first kappa shape index (κ1) is 18.5. The zero-order chi connectivity index (χ0) is 17.7. The van der Waals surface area contributed by atoms with Gasteiger partial charge in [-0.1, -0.05) is 6.07 Å². The van der Waals surface area contributed by atoms with Crippen LogP contribution in [0.5, 0.6) is 11.5 Å². The quantitative estimate of drug-likeness (QED) is 0.822. The van der Waals surface area contributed by atoms with E-state index < -0.39 is 10.0 Å². The van der Waals surface area contributed by atoms with Gasteiger partial charge in [0.05, 0.1) is 20.5 Å². The molecule has 1 N–H and O–H groups in total. The topological polar surface area (TPSA) is 84.9 Å². The number of amides is 1. The van der Waals surface area contributed by atoms with Crippen LogP contribution < -0.4 is 14.8 Å². The van der Waals surface area contributed by atoms with Crippen LogP contribution in [0.3, 0.4) is 0 Å². The highest BCUT2D eigenvalue weighted by Crippen LogP contribution is 2.27. The van der Waals surface area contributed by atoms with E-state index in [0.717, 1.165) is 5.56 Å². The lowest BCUT2D eigenvalue weighted by Gasteiger charge is -2.29. The summed E-state index contributed by atoms with van der Waals surface area (Å²) < 4.78 is 34.8. The Hall–Kier alpha value is -1.80. The Labute approximate surface area is 143 Å². The SMILES string of the molecule is COc1ccc(CNC(=O)C2CCN(S(C)(=O)=O)CC2)cc1OC. The summed E-state index contributed by atoms with van der Waals surface area (Å²) in [6.07, 6.45) is 2.29. The first-order chi connectivity index (χ1) is 11.3. The molecule has 1 heterocycles. The van der Waals surface area contributed by atoms with Gasteiger partial charge in [0.2, 0.25) is 15.9 Å². The average Bonchev–Trinajstić information content (AvgIpc) is 2.58. The predicted molar refractivity (Wildman–Crippen MR) is 90.5 cm³/mol. The number of rotatable bonds is 6. The van der Waals surface area contributed by atoms with Crippen molar-refractivity contribution in [1.29, 1.82) is 0 Å². The van der Waals surface area contributed by atoms with Crippen molar-refractivity contribution < 1.29 is 22.7 Å². The van der Waals surface area contributed by atoms with E-state index in [-0.39, 0.29) is 11.8 Å². The molecule has 134 valence electrons.